The minimum absolute atomic E-state index is 0.0238. The molecule has 2 aromatic rings. The third kappa shape index (κ3) is 4.03. The van der Waals surface area contributed by atoms with E-state index in [4.69, 9.17) is 11.6 Å². The van der Waals surface area contributed by atoms with Gasteiger partial charge in [0.2, 0.25) is 11.8 Å². The van der Waals surface area contributed by atoms with E-state index in [-0.39, 0.29) is 17.7 Å². The monoisotopic (exact) mass is 383 g/mol. The van der Waals surface area contributed by atoms with Crippen molar-refractivity contribution >= 4 is 34.8 Å². The highest BCUT2D eigenvalue weighted by molar-refractivity contribution is 6.30. The Labute approximate surface area is 164 Å². The van der Waals surface area contributed by atoms with Gasteiger partial charge in [0.25, 0.3) is 0 Å². The molecule has 2 aromatic carbocycles. The number of nitrogens with zero attached hydrogens (tertiary/aromatic N) is 2. The summed E-state index contributed by atoms with van der Waals surface area (Å²) in [6.07, 6.45) is 0. The van der Waals surface area contributed by atoms with Crippen LogP contribution in [0.4, 0.5) is 5.69 Å². The van der Waals surface area contributed by atoms with Crippen molar-refractivity contribution < 1.29 is 9.59 Å². The van der Waals surface area contributed by atoms with E-state index < -0.39 is 12.0 Å². The fourth-order valence-electron chi connectivity index (χ4n) is 3.31. The smallest absolute Gasteiger partial charge is 0.240 e. The summed E-state index contributed by atoms with van der Waals surface area (Å²) >= 11 is 6.01. The predicted molar refractivity (Wildman–Crippen MR) is 108 cm³/mol. The molecule has 0 aromatic heterocycles. The van der Waals surface area contributed by atoms with Gasteiger partial charge >= 0.3 is 0 Å². The third-order valence-electron chi connectivity index (χ3n) is 4.57. The highest BCUT2D eigenvalue weighted by Gasteiger charge is 2.45. The minimum atomic E-state index is -0.574. The lowest BCUT2D eigenvalue weighted by atomic mass is 9.85. The SMILES string of the molecule is CC(=O)N1N=C(C(C)C)C(C(=O)Nc2ccccc2)C1c1ccc(Cl)cc1. The van der Waals surface area contributed by atoms with Gasteiger partial charge in [-0.1, -0.05) is 55.8 Å². The van der Waals surface area contributed by atoms with Crippen LogP contribution in [-0.4, -0.2) is 22.5 Å². The Bertz CT molecular complexity index is 863. The third-order valence-corrected chi connectivity index (χ3v) is 4.82. The maximum atomic E-state index is 13.2. The summed E-state index contributed by atoms with van der Waals surface area (Å²) in [4.78, 5) is 25.4. The highest BCUT2D eigenvalue weighted by Crippen LogP contribution is 2.39. The second kappa shape index (κ2) is 7.92. The van der Waals surface area contributed by atoms with Crippen LogP contribution in [0.25, 0.3) is 0 Å². The average Bonchev–Trinajstić information content (AvgIpc) is 3.04. The fourth-order valence-corrected chi connectivity index (χ4v) is 3.43. The van der Waals surface area contributed by atoms with Gasteiger partial charge in [0, 0.05) is 17.6 Å². The van der Waals surface area contributed by atoms with Crippen LogP contribution in [0, 0.1) is 11.8 Å². The lowest BCUT2D eigenvalue weighted by Crippen LogP contribution is -2.37. The second-order valence-corrected chi connectivity index (χ2v) is 7.31. The standard InChI is InChI=1S/C21H22ClN3O2/c1-13(2)19-18(21(27)23-17-7-5-4-6-8-17)20(25(24-19)14(3)26)15-9-11-16(22)12-10-15/h4-13,18,20H,1-3H3,(H,23,27). The van der Waals surface area contributed by atoms with Crippen LogP contribution < -0.4 is 5.32 Å². The number of hydrogen-bond donors (Lipinski definition) is 1. The number of hydrazone groups is 1. The first-order valence-electron chi connectivity index (χ1n) is 8.88. The molecule has 0 saturated carbocycles. The van der Waals surface area contributed by atoms with Crippen LogP contribution in [0.1, 0.15) is 32.4 Å². The molecule has 1 N–H and O–H groups in total. The first kappa shape index (κ1) is 19.1. The van der Waals surface area contributed by atoms with Gasteiger partial charge in [-0.2, -0.15) is 5.10 Å². The van der Waals surface area contributed by atoms with Crippen LogP contribution in [-0.2, 0) is 9.59 Å². The molecule has 0 spiro atoms. The second-order valence-electron chi connectivity index (χ2n) is 6.87. The summed E-state index contributed by atoms with van der Waals surface area (Å²) in [6.45, 7) is 5.41. The van der Waals surface area contributed by atoms with Crippen molar-refractivity contribution in [1.82, 2.24) is 5.01 Å². The number of halogens is 1. The summed E-state index contributed by atoms with van der Waals surface area (Å²) in [6, 6.07) is 16.0. The molecular weight excluding hydrogens is 362 g/mol. The zero-order valence-corrected chi connectivity index (χ0v) is 16.3. The Kier molecular flexibility index (Phi) is 5.61. The summed E-state index contributed by atoms with van der Waals surface area (Å²) in [5.41, 5.74) is 2.22. The van der Waals surface area contributed by atoms with Crippen LogP contribution in [0.2, 0.25) is 5.02 Å². The van der Waals surface area contributed by atoms with Crippen molar-refractivity contribution in [3.8, 4) is 0 Å². The number of nitrogens with one attached hydrogen (secondary N) is 1. The molecule has 27 heavy (non-hydrogen) atoms. The van der Waals surface area contributed by atoms with Gasteiger partial charge in [-0.25, -0.2) is 5.01 Å². The zero-order valence-electron chi connectivity index (χ0n) is 15.5. The maximum Gasteiger partial charge on any atom is 0.240 e. The molecule has 0 aliphatic carbocycles. The number of rotatable bonds is 4. The van der Waals surface area contributed by atoms with Crippen LogP contribution in [0.15, 0.2) is 59.7 Å². The molecule has 1 aliphatic heterocycles. The van der Waals surface area contributed by atoms with Crippen molar-refractivity contribution in [1.29, 1.82) is 0 Å². The van der Waals surface area contributed by atoms with Gasteiger partial charge in [-0.15, -0.1) is 0 Å². The number of carbonyl (C=O) groups is 2. The molecule has 5 nitrogen and oxygen atoms in total. The fraction of sp³-hybridized carbons (Fsp3) is 0.286. The van der Waals surface area contributed by atoms with E-state index in [1.165, 1.54) is 11.9 Å². The topological polar surface area (TPSA) is 61.8 Å². The van der Waals surface area contributed by atoms with E-state index in [1.807, 2.05) is 56.3 Å². The lowest BCUT2D eigenvalue weighted by Gasteiger charge is -2.26. The summed E-state index contributed by atoms with van der Waals surface area (Å²) in [5.74, 6) is -0.939. The van der Waals surface area contributed by atoms with E-state index in [0.29, 0.717) is 16.4 Å². The number of hydrogen-bond acceptors (Lipinski definition) is 3. The number of anilines is 1. The Morgan fingerprint density at radius 1 is 1.07 bits per heavy atom. The molecule has 1 aliphatic rings. The molecule has 2 amide bonds. The molecular formula is C21H22ClN3O2. The molecule has 0 radical (unpaired) electrons. The zero-order chi connectivity index (χ0) is 19.6. The molecule has 0 fully saturated rings. The molecule has 140 valence electrons. The van der Waals surface area contributed by atoms with Crippen LogP contribution >= 0.6 is 11.6 Å². The van der Waals surface area contributed by atoms with Crippen molar-refractivity contribution in [3.63, 3.8) is 0 Å². The van der Waals surface area contributed by atoms with Crippen molar-refractivity contribution in [2.24, 2.45) is 16.9 Å². The lowest BCUT2D eigenvalue weighted by molar-refractivity contribution is -0.132. The Morgan fingerprint density at radius 2 is 1.70 bits per heavy atom. The van der Waals surface area contributed by atoms with E-state index >= 15 is 0 Å². The summed E-state index contributed by atoms with van der Waals surface area (Å²) < 4.78 is 0. The van der Waals surface area contributed by atoms with E-state index in [0.717, 1.165) is 5.56 Å². The largest absolute Gasteiger partial charge is 0.325 e. The Morgan fingerprint density at radius 3 is 2.26 bits per heavy atom. The van der Waals surface area contributed by atoms with E-state index in [2.05, 4.69) is 10.4 Å². The van der Waals surface area contributed by atoms with Gasteiger partial charge in [-0.3, -0.25) is 9.59 Å². The van der Waals surface area contributed by atoms with Gasteiger partial charge in [0.05, 0.1) is 11.8 Å². The molecule has 0 bridgehead atoms. The molecule has 2 unspecified atom stereocenters. The number of benzene rings is 2. The van der Waals surface area contributed by atoms with Gasteiger partial charge < -0.3 is 5.32 Å². The van der Waals surface area contributed by atoms with Crippen LogP contribution in [0.3, 0.4) is 0 Å². The van der Waals surface area contributed by atoms with Crippen molar-refractivity contribution in [3.05, 3.63) is 65.2 Å². The number of carbonyl (C=O) groups excluding carboxylic acids is 2. The van der Waals surface area contributed by atoms with Crippen LogP contribution in [0.5, 0.6) is 0 Å². The average molecular weight is 384 g/mol. The summed E-state index contributed by atoms with van der Waals surface area (Å²) in [5, 5.41) is 9.48. The molecule has 2 atom stereocenters. The van der Waals surface area contributed by atoms with Crippen molar-refractivity contribution in [2.75, 3.05) is 5.32 Å². The predicted octanol–water partition coefficient (Wildman–Crippen LogP) is 4.51. The number of amides is 2. The molecule has 3 rings (SSSR count). The minimum Gasteiger partial charge on any atom is -0.325 e. The molecule has 0 saturated heterocycles. The summed E-state index contributed by atoms with van der Waals surface area (Å²) in [7, 11) is 0. The van der Waals surface area contributed by atoms with E-state index in [1.54, 1.807) is 12.1 Å². The Balaban J connectivity index is 2.01. The first-order valence-corrected chi connectivity index (χ1v) is 9.26. The molecule has 6 heteroatoms. The first-order chi connectivity index (χ1) is 12.9. The van der Waals surface area contributed by atoms with Gasteiger partial charge in [0.15, 0.2) is 0 Å². The Hall–Kier alpha value is -2.66. The van der Waals surface area contributed by atoms with E-state index in [9.17, 15) is 9.59 Å². The molecule has 1 heterocycles. The van der Waals surface area contributed by atoms with Gasteiger partial charge in [-0.05, 0) is 35.7 Å². The normalized spacial score (nSPS) is 19.1. The van der Waals surface area contributed by atoms with Gasteiger partial charge in [0.1, 0.15) is 5.92 Å². The quantitative estimate of drug-likeness (QED) is 0.844. The number of para-hydroxylation sites is 1. The maximum absolute atomic E-state index is 13.2. The van der Waals surface area contributed by atoms with Crippen molar-refractivity contribution in [2.45, 2.75) is 26.8 Å². The highest BCUT2D eigenvalue weighted by atomic mass is 35.5.